The summed E-state index contributed by atoms with van der Waals surface area (Å²) in [6, 6.07) is -0.405. The number of hydrogen-bond acceptors (Lipinski definition) is 3. The SMILES string of the molecule is CCCCCCN(CCO)C(=O)[C@H](N)CCC. The van der Waals surface area contributed by atoms with E-state index in [1.807, 2.05) is 6.92 Å². The Balaban J connectivity index is 4.06. The van der Waals surface area contributed by atoms with Crippen LogP contribution in [-0.4, -0.2) is 41.7 Å². The van der Waals surface area contributed by atoms with Gasteiger partial charge in [0.15, 0.2) is 0 Å². The summed E-state index contributed by atoms with van der Waals surface area (Å²) in [5, 5.41) is 8.97. The molecule has 3 N–H and O–H groups in total. The van der Waals surface area contributed by atoms with Crippen molar-refractivity contribution in [3.63, 3.8) is 0 Å². The Morgan fingerprint density at radius 2 is 1.88 bits per heavy atom. The summed E-state index contributed by atoms with van der Waals surface area (Å²) < 4.78 is 0. The lowest BCUT2D eigenvalue weighted by atomic mass is 10.1. The van der Waals surface area contributed by atoms with Crippen LogP contribution in [0.5, 0.6) is 0 Å². The van der Waals surface area contributed by atoms with Crippen LogP contribution in [0.15, 0.2) is 0 Å². The van der Waals surface area contributed by atoms with Crippen LogP contribution in [0.2, 0.25) is 0 Å². The summed E-state index contributed by atoms with van der Waals surface area (Å²) in [5.41, 5.74) is 5.82. The molecule has 0 unspecified atom stereocenters. The van der Waals surface area contributed by atoms with Crippen molar-refractivity contribution in [1.82, 2.24) is 4.90 Å². The summed E-state index contributed by atoms with van der Waals surface area (Å²) in [5.74, 6) is -0.0163. The van der Waals surface area contributed by atoms with Crippen molar-refractivity contribution in [3.8, 4) is 0 Å². The quantitative estimate of drug-likeness (QED) is 0.573. The highest BCUT2D eigenvalue weighted by Crippen LogP contribution is 2.05. The van der Waals surface area contributed by atoms with E-state index in [-0.39, 0.29) is 12.5 Å². The molecule has 0 aromatic carbocycles. The van der Waals surface area contributed by atoms with Gasteiger partial charge in [0.25, 0.3) is 0 Å². The molecule has 0 heterocycles. The van der Waals surface area contributed by atoms with E-state index in [1.165, 1.54) is 12.8 Å². The normalized spacial score (nSPS) is 12.5. The molecule has 0 aromatic rings. The first-order chi connectivity index (χ1) is 8.17. The molecule has 1 atom stereocenters. The molecule has 0 bridgehead atoms. The van der Waals surface area contributed by atoms with Crippen molar-refractivity contribution in [2.75, 3.05) is 19.7 Å². The number of carbonyl (C=O) groups is 1. The lowest BCUT2D eigenvalue weighted by molar-refractivity contribution is -0.133. The minimum absolute atomic E-state index is 0.0123. The van der Waals surface area contributed by atoms with Gasteiger partial charge in [0, 0.05) is 13.1 Å². The minimum Gasteiger partial charge on any atom is -0.395 e. The maximum Gasteiger partial charge on any atom is 0.239 e. The van der Waals surface area contributed by atoms with Crippen LogP contribution in [0.1, 0.15) is 52.4 Å². The summed E-state index contributed by atoms with van der Waals surface area (Å²) in [6.07, 6.45) is 6.14. The zero-order valence-electron chi connectivity index (χ0n) is 11.3. The Bertz CT molecular complexity index is 198. The number of rotatable bonds is 10. The average molecular weight is 244 g/mol. The van der Waals surface area contributed by atoms with E-state index in [1.54, 1.807) is 4.90 Å². The van der Waals surface area contributed by atoms with Crippen LogP contribution in [0.4, 0.5) is 0 Å². The van der Waals surface area contributed by atoms with Gasteiger partial charge in [-0.2, -0.15) is 0 Å². The largest absolute Gasteiger partial charge is 0.395 e. The Hall–Kier alpha value is -0.610. The standard InChI is InChI=1S/C13H28N2O2/c1-3-5-6-7-9-15(10-11-16)13(17)12(14)8-4-2/h12,16H,3-11,14H2,1-2H3/t12-/m1/s1. The van der Waals surface area contributed by atoms with Crippen LogP contribution in [0.25, 0.3) is 0 Å². The van der Waals surface area contributed by atoms with Crippen molar-refractivity contribution in [2.45, 2.75) is 58.4 Å². The summed E-state index contributed by atoms with van der Waals surface area (Å²) >= 11 is 0. The average Bonchev–Trinajstić information content (AvgIpc) is 2.32. The third kappa shape index (κ3) is 7.34. The predicted molar refractivity (Wildman–Crippen MR) is 70.7 cm³/mol. The molecule has 0 saturated heterocycles. The van der Waals surface area contributed by atoms with Crippen LogP contribution < -0.4 is 5.73 Å². The highest BCUT2D eigenvalue weighted by molar-refractivity contribution is 5.81. The molecule has 0 rings (SSSR count). The zero-order valence-corrected chi connectivity index (χ0v) is 11.3. The minimum atomic E-state index is -0.405. The molecule has 4 heteroatoms. The van der Waals surface area contributed by atoms with Gasteiger partial charge in [0.1, 0.15) is 0 Å². The zero-order chi connectivity index (χ0) is 13.1. The molecular formula is C13H28N2O2. The molecule has 0 spiro atoms. The molecule has 0 fully saturated rings. The molecule has 17 heavy (non-hydrogen) atoms. The third-order valence-electron chi connectivity index (χ3n) is 2.88. The number of carbonyl (C=O) groups excluding carboxylic acids is 1. The Kier molecular flexibility index (Phi) is 10.2. The number of aliphatic hydroxyl groups is 1. The van der Waals surface area contributed by atoms with Gasteiger partial charge in [-0.15, -0.1) is 0 Å². The number of amides is 1. The fourth-order valence-electron chi connectivity index (χ4n) is 1.85. The van der Waals surface area contributed by atoms with Crippen LogP contribution in [0.3, 0.4) is 0 Å². The van der Waals surface area contributed by atoms with Gasteiger partial charge in [-0.1, -0.05) is 39.5 Å². The van der Waals surface area contributed by atoms with Gasteiger partial charge in [-0.25, -0.2) is 0 Å². The Labute approximate surface area is 105 Å². The monoisotopic (exact) mass is 244 g/mol. The van der Waals surface area contributed by atoms with Crippen LogP contribution in [-0.2, 0) is 4.79 Å². The van der Waals surface area contributed by atoms with Crippen molar-refractivity contribution in [2.24, 2.45) is 5.73 Å². The lowest BCUT2D eigenvalue weighted by Gasteiger charge is -2.24. The molecule has 102 valence electrons. The topological polar surface area (TPSA) is 66.6 Å². The van der Waals surface area contributed by atoms with Crippen molar-refractivity contribution < 1.29 is 9.90 Å². The Morgan fingerprint density at radius 1 is 1.18 bits per heavy atom. The van der Waals surface area contributed by atoms with Gasteiger partial charge >= 0.3 is 0 Å². The van der Waals surface area contributed by atoms with E-state index in [9.17, 15) is 4.79 Å². The third-order valence-corrected chi connectivity index (χ3v) is 2.88. The molecule has 0 saturated carbocycles. The number of unbranched alkanes of at least 4 members (excludes halogenated alkanes) is 3. The molecule has 0 radical (unpaired) electrons. The van der Waals surface area contributed by atoms with Crippen molar-refractivity contribution in [3.05, 3.63) is 0 Å². The van der Waals surface area contributed by atoms with E-state index in [0.717, 1.165) is 32.2 Å². The van der Waals surface area contributed by atoms with Gasteiger partial charge < -0.3 is 15.7 Å². The highest BCUT2D eigenvalue weighted by atomic mass is 16.3. The van der Waals surface area contributed by atoms with Crippen LogP contribution >= 0.6 is 0 Å². The van der Waals surface area contributed by atoms with Crippen LogP contribution in [0, 0.1) is 0 Å². The summed E-state index contributed by atoms with van der Waals surface area (Å²) in [4.78, 5) is 13.7. The molecule has 0 aliphatic carbocycles. The maximum absolute atomic E-state index is 12.0. The van der Waals surface area contributed by atoms with E-state index in [4.69, 9.17) is 10.8 Å². The first-order valence-electron chi connectivity index (χ1n) is 6.82. The molecule has 0 aromatic heterocycles. The predicted octanol–water partition coefficient (Wildman–Crippen LogP) is 1.51. The second-order valence-electron chi connectivity index (χ2n) is 4.50. The molecular weight excluding hydrogens is 216 g/mol. The highest BCUT2D eigenvalue weighted by Gasteiger charge is 2.19. The molecule has 4 nitrogen and oxygen atoms in total. The van der Waals surface area contributed by atoms with Gasteiger partial charge in [-0.3, -0.25) is 4.79 Å². The van der Waals surface area contributed by atoms with Gasteiger partial charge in [0.2, 0.25) is 5.91 Å². The number of nitrogens with two attached hydrogens (primary N) is 1. The smallest absolute Gasteiger partial charge is 0.239 e. The van der Waals surface area contributed by atoms with Crippen molar-refractivity contribution in [1.29, 1.82) is 0 Å². The second-order valence-corrected chi connectivity index (χ2v) is 4.50. The van der Waals surface area contributed by atoms with E-state index >= 15 is 0 Å². The molecule has 1 amide bonds. The fraction of sp³-hybridized carbons (Fsp3) is 0.923. The summed E-state index contributed by atoms with van der Waals surface area (Å²) in [6.45, 7) is 5.32. The van der Waals surface area contributed by atoms with E-state index < -0.39 is 6.04 Å². The van der Waals surface area contributed by atoms with E-state index in [2.05, 4.69) is 6.92 Å². The first-order valence-corrected chi connectivity index (χ1v) is 6.82. The van der Waals surface area contributed by atoms with Gasteiger partial charge in [-0.05, 0) is 12.8 Å². The maximum atomic E-state index is 12.0. The van der Waals surface area contributed by atoms with E-state index in [0.29, 0.717) is 6.54 Å². The Morgan fingerprint density at radius 3 is 2.41 bits per heavy atom. The van der Waals surface area contributed by atoms with Gasteiger partial charge in [0.05, 0.1) is 12.6 Å². The molecule has 0 aliphatic heterocycles. The first kappa shape index (κ1) is 16.4. The second kappa shape index (κ2) is 10.5. The fourth-order valence-corrected chi connectivity index (χ4v) is 1.85. The summed E-state index contributed by atoms with van der Waals surface area (Å²) in [7, 11) is 0. The number of aliphatic hydroxyl groups excluding tert-OH is 1. The number of nitrogens with zero attached hydrogens (tertiary/aromatic N) is 1. The van der Waals surface area contributed by atoms with Crippen molar-refractivity contribution >= 4 is 5.91 Å². The molecule has 0 aliphatic rings. The number of hydrogen-bond donors (Lipinski definition) is 2. The lowest BCUT2D eigenvalue weighted by Crippen LogP contribution is -2.45.